The number of anilines is 1. The maximum atomic E-state index is 12.8. The maximum absolute atomic E-state index is 12.8. The number of hydrogen-bond donors (Lipinski definition) is 1. The molecule has 0 aliphatic rings. The lowest BCUT2D eigenvalue weighted by atomic mass is 10.1. The second-order valence-electron chi connectivity index (χ2n) is 6.15. The molecule has 7 nitrogen and oxygen atoms in total. The average Bonchev–Trinajstić information content (AvgIpc) is 3.13. The Morgan fingerprint density at radius 1 is 1.17 bits per heavy atom. The monoisotopic (exact) mass is 411 g/mol. The van der Waals surface area contributed by atoms with Gasteiger partial charge in [-0.15, -0.1) is 0 Å². The van der Waals surface area contributed by atoms with Gasteiger partial charge in [-0.05, 0) is 36.8 Å². The fourth-order valence-corrected chi connectivity index (χ4v) is 2.37. The van der Waals surface area contributed by atoms with Crippen molar-refractivity contribution in [2.75, 3.05) is 18.5 Å². The quantitative estimate of drug-likeness (QED) is 0.532. The number of amides is 2. The third kappa shape index (κ3) is 7.68. The molecule has 0 unspecified atom stereocenters. The molecule has 2 rings (SSSR count). The van der Waals surface area contributed by atoms with Crippen LogP contribution in [0.1, 0.15) is 25.2 Å². The predicted molar refractivity (Wildman–Crippen MR) is 99.1 cm³/mol. The largest absolute Gasteiger partial charge is 0.467 e. The normalized spacial score (nSPS) is 11.8. The number of halogens is 3. The van der Waals surface area contributed by atoms with Gasteiger partial charge in [-0.3, -0.25) is 9.59 Å². The molecule has 1 aromatic heterocycles. The Morgan fingerprint density at radius 2 is 1.86 bits per heavy atom. The van der Waals surface area contributed by atoms with Gasteiger partial charge in [0.15, 0.2) is 6.61 Å². The summed E-state index contributed by atoms with van der Waals surface area (Å²) in [6.07, 6.45) is -3.25. The van der Waals surface area contributed by atoms with Gasteiger partial charge in [0.05, 0.1) is 18.5 Å². The average molecular weight is 411 g/mol. The molecule has 2 aromatic rings. The standard InChI is InChI=1S/C19H20F3N3O4/c1-13(15-5-7-16(8-6-15)23-14(2)26)24-29-11-18(27)25(12-19(20,21)22)10-17-4-3-9-28-17/h3-9H,10-12H2,1-2H3,(H,23,26)/b24-13+. The highest BCUT2D eigenvalue weighted by molar-refractivity contribution is 5.99. The van der Waals surface area contributed by atoms with E-state index in [4.69, 9.17) is 9.25 Å². The van der Waals surface area contributed by atoms with E-state index < -0.39 is 25.2 Å². The number of rotatable bonds is 8. The van der Waals surface area contributed by atoms with Crippen LogP contribution in [0.15, 0.2) is 52.2 Å². The molecule has 0 aliphatic carbocycles. The predicted octanol–water partition coefficient (Wildman–Crippen LogP) is 3.57. The van der Waals surface area contributed by atoms with Crippen LogP contribution in [0.3, 0.4) is 0 Å². The zero-order valence-electron chi connectivity index (χ0n) is 15.8. The lowest BCUT2D eigenvalue weighted by molar-refractivity contribution is -0.165. The van der Waals surface area contributed by atoms with E-state index >= 15 is 0 Å². The summed E-state index contributed by atoms with van der Waals surface area (Å²) in [6.45, 7) is 0.594. The van der Waals surface area contributed by atoms with Gasteiger partial charge in [0, 0.05) is 12.6 Å². The second kappa shape index (κ2) is 9.76. The van der Waals surface area contributed by atoms with Gasteiger partial charge in [-0.25, -0.2) is 0 Å². The number of alkyl halides is 3. The van der Waals surface area contributed by atoms with Crippen molar-refractivity contribution in [2.45, 2.75) is 26.6 Å². The Labute approximate surface area is 165 Å². The Morgan fingerprint density at radius 3 is 2.41 bits per heavy atom. The first-order valence-corrected chi connectivity index (χ1v) is 8.55. The summed E-state index contributed by atoms with van der Waals surface area (Å²) < 4.78 is 43.3. The summed E-state index contributed by atoms with van der Waals surface area (Å²) in [5.74, 6) is -0.860. The van der Waals surface area contributed by atoms with Crippen LogP contribution in [-0.4, -0.2) is 41.8 Å². The summed E-state index contributed by atoms with van der Waals surface area (Å²) in [7, 11) is 0. The number of nitrogens with zero attached hydrogens (tertiary/aromatic N) is 2. The maximum Gasteiger partial charge on any atom is 0.406 e. The van der Waals surface area contributed by atoms with Gasteiger partial charge in [-0.1, -0.05) is 17.3 Å². The summed E-state index contributed by atoms with van der Waals surface area (Å²) >= 11 is 0. The fourth-order valence-electron chi connectivity index (χ4n) is 2.37. The first-order valence-electron chi connectivity index (χ1n) is 8.55. The third-order valence-corrected chi connectivity index (χ3v) is 3.66. The third-order valence-electron chi connectivity index (χ3n) is 3.66. The topological polar surface area (TPSA) is 84.1 Å². The number of hydrogen-bond acceptors (Lipinski definition) is 5. The first-order chi connectivity index (χ1) is 13.6. The van der Waals surface area contributed by atoms with Crippen LogP contribution >= 0.6 is 0 Å². The van der Waals surface area contributed by atoms with E-state index in [9.17, 15) is 22.8 Å². The summed E-state index contributed by atoms with van der Waals surface area (Å²) in [6, 6.07) is 9.69. The van der Waals surface area contributed by atoms with Gasteiger partial charge < -0.3 is 19.5 Å². The van der Waals surface area contributed by atoms with E-state index in [0.717, 1.165) is 0 Å². The van der Waals surface area contributed by atoms with Gasteiger partial charge >= 0.3 is 6.18 Å². The minimum absolute atomic E-state index is 0.206. The highest BCUT2D eigenvalue weighted by Gasteiger charge is 2.33. The number of furan rings is 1. The molecule has 10 heteroatoms. The van der Waals surface area contributed by atoms with Crippen LogP contribution in [0.5, 0.6) is 0 Å². The van der Waals surface area contributed by atoms with E-state index in [1.807, 2.05) is 0 Å². The van der Waals surface area contributed by atoms with E-state index in [1.165, 1.54) is 25.3 Å². The second-order valence-corrected chi connectivity index (χ2v) is 6.15. The van der Waals surface area contributed by atoms with Gasteiger partial charge in [-0.2, -0.15) is 13.2 Å². The molecule has 1 N–H and O–H groups in total. The molecule has 0 saturated carbocycles. The minimum Gasteiger partial charge on any atom is -0.467 e. The molecule has 1 heterocycles. The Hall–Kier alpha value is -3.30. The number of oxime groups is 1. The highest BCUT2D eigenvalue weighted by atomic mass is 19.4. The molecule has 0 atom stereocenters. The molecule has 0 bridgehead atoms. The lowest BCUT2D eigenvalue weighted by Gasteiger charge is -2.22. The molecule has 0 spiro atoms. The van der Waals surface area contributed by atoms with Crippen molar-refractivity contribution in [3.05, 3.63) is 54.0 Å². The zero-order valence-corrected chi connectivity index (χ0v) is 15.8. The number of carbonyl (C=O) groups is 2. The highest BCUT2D eigenvalue weighted by Crippen LogP contribution is 2.18. The smallest absolute Gasteiger partial charge is 0.406 e. The van der Waals surface area contributed by atoms with E-state index in [1.54, 1.807) is 31.2 Å². The van der Waals surface area contributed by atoms with Gasteiger partial charge in [0.1, 0.15) is 12.3 Å². The number of benzene rings is 1. The van der Waals surface area contributed by atoms with Crippen LogP contribution in [0, 0.1) is 0 Å². The van der Waals surface area contributed by atoms with Crippen LogP contribution in [-0.2, 0) is 21.0 Å². The molecule has 0 radical (unpaired) electrons. The molecule has 0 aliphatic heterocycles. The Kier molecular flexibility index (Phi) is 7.40. The molecule has 0 saturated heterocycles. The van der Waals surface area contributed by atoms with Crippen molar-refractivity contribution in [1.82, 2.24) is 4.90 Å². The number of carbonyl (C=O) groups excluding carboxylic acids is 2. The van der Waals surface area contributed by atoms with Gasteiger partial charge in [0.2, 0.25) is 5.91 Å². The van der Waals surface area contributed by atoms with Crippen molar-refractivity contribution in [3.8, 4) is 0 Å². The van der Waals surface area contributed by atoms with Crippen LogP contribution in [0.25, 0.3) is 0 Å². The van der Waals surface area contributed by atoms with E-state index in [2.05, 4.69) is 10.5 Å². The lowest BCUT2D eigenvalue weighted by Crippen LogP contribution is -2.40. The Balaban J connectivity index is 1.96. The van der Waals surface area contributed by atoms with Crippen molar-refractivity contribution in [1.29, 1.82) is 0 Å². The summed E-state index contributed by atoms with van der Waals surface area (Å²) in [4.78, 5) is 28.7. The molecule has 1 aromatic carbocycles. The molecule has 0 fully saturated rings. The van der Waals surface area contributed by atoms with Crippen molar-refractivity contribution >= 4 is 23.2 Å². The first kappa shape index (κ1) is 22.0. The van der Waals surface area contributed by atoms with Crippen LogP contribution in [0.2, 0.25) is 0 Å². The van der Waals surface area contributed by atoms with Crippen molar-refractivity contribution < 1.29 is 32.0 Å². The number of nitrogens with one attached hydrogen (secondary N) is 1. The zero-order chi connectivity index (χ0) is 21.4. The summed E-state index contributed by atoms with van der Waals surface area (Å²) in [5, 5.41) is 6.40. The van der Waals surface area contributed by atoms with E-state index in [0.29, 0.717) is 21.9 Å². The van der Waals surface area contributed by atoms with Gasteiger partial charge in [0.25, 0.3) is 5.91 Å². The summed E-state index contributed by atoms with van der Waals surface area (Å²) in [5.41, 5.74) is 1.68. The van der Waals surface area contributed by atoms with Crippen molar-refractivity contribution in [2.24, 2.45) is 5.16 Å². The Bertz CT molecular complexity index is 847. The molecular formula is C19H20F3N3O4. The van der Waals surface area contributed by atoms with E-state index in [-0.39, 0.29) is 18.2 Å². The van der Waals surface area contributed by atoms with Crippen LogP contribution < -0.4 is 5.32 Å². The fraction of sp³-hybridized carbons (Fsp3) is 0.316. The molecule has 2 amide bonds. The molecular weight excluding hydrogens is 391 g/mol. The van der Waals surface area contributed by atoms with Crippen LogP contribution in [0.4, 0.5) is 18.9 Å². The minimum atomic E-state index is -4.56. The van der Waals surface area contributed by atoms with Crippen molar-refractivity contribution in [3.63, 3.8) is 0 Å². The molecule has 29 heavy (non-hydrogen) atoms. The molecule has 156 valence electrons. The SMILES string of the molecule is CC(=O)Nc1ccc(/C(C)=N/OCC(=O)N(Cc2ccco2)CC(F)(F)F)cc1.